The second kappa shape index (κ2) is 23.2. The summed E-state index contributed by atoms with van der Waals surface area (Å²) in [7, 11) is 1.63. The average molecular weight is 1060 g/mol. The molecule has 0 saturated heterocycles. The van der Waals surface area contributed by atoms with Gasteiger partial charge in [-0.1, -0.05) is 62.3 Å². The predicted octanol–water partition coefficient (Wildman–Crippen LogP) is 10.2. The van der Waals surface area contributed by atoms with Gasteiger partial charge in [-0.05, 0) is 117 Å². The first kappa shape index (κ1) is 57.5. The molecule has 9 aromatic heterocycles. The maximum Gasteiger partial charge on any atom is 0.277 e. The van der Waals surface area contributed by atoms with Crippen LogP contribution < -0.4 is 27.0 Å². The third kappa shape index (κ3) is 10.7. The number of methoxy groups -OCH3 is 1. The van der Waals surface area contributed by atoms with E-state index < -0.39 is 0 Å². The van der Waals surface area contributed by atoms with Gasteiger partial charge in [-0.15, -0.1) is 0 Å². The largest absolute Gasteiger partial charge is 0.497 e. The Balaban J connectivity index is 0.000000151. The zero-order valence-electron chi connectivity index (χ0n) is 48.8. The number of aromatic nitrogens is 14. The number of aromatic amines is 3. The van der Waals surface area contributed by atoms with Crippen molar-refractivity contribution in [2.45, 2.75) is 161 Å². The second-order valence-electron chi connectivity index (χ2n) is 21.1. The van der Waals surface area contributed by atoms with Gasteiger partial charge in [-0.2, -0.15) is 9.61 Å². The van der Waals surface area contributed by atoms with Crippen LogP contribution >= 0.6 is 0 Å². The van der Waals surface area contributed by atoms with Crippen LogP contribution in [0.1, 0.15) is 166 Å². The molecule has 0 saturated carbocycles. The normalized spacial score (nSPS) is 11.5. The summed E-state index contributed by atoms with van der Waals surface area (Å²) in [5, 5.41) is 13.9. The number of aryl methyl sites for hydroxylation is 7. The maximum atomic E-state index is 12.6. The average Bonchev–Trinajstić information content (AvgIpc) is 4.35. The van der Waals surface area contributed by atoms with E-state index in [9.17, 15) is 19.2 Å². The SMILES string of the molecule is CCc1[nH]n2c(=O)c(C)c(-c3ccc(OC)cc3)nc2c1C.CCn1c(C(C)C)c(C)c(=O)n2nc(C(C)C)c(C)c12.Cc1c(C(C)C)nc2c(C)c(C(C)C)[nH]n2c1=O.Cc1cc(=O)n2[nH]c(-c3cnccn3)c(C)c2n1. The van der Waals surface area contributed by atoms with Crippen molar-refractivity contribution in [1.29, 1.82) is 0 Å². The van der Waals surface area contributed by atoms with Gasteiger partial charge in [0.25, 0.3) is 22.2 Å². The first-order valence-electron chi connectivity index (χ1n) is 26.7. The number of fused-ring (bicyclic) bond motifs is 4. The number of H-pyrrole nitrogens is 3. The van der Waals surface area contributed by atoms with Crippen molar-refractivity contribution in [2.75, 3.05) is 7.11 Å². The summed E-state index contributed by atoms with van der Waals surface area (Å²) in [5.74, 6) is 2.05. The molecule has 0 bridgehead atoms. The van der Waals surface area contributed by atoms with Gasteiger partial charge in [0.2, 0.25) is 0 Å². The predicted molar refractivity (Wildman–Crippen MR) is 309 cm³/mol. The Hall–Kier alpha value is -8.22. The molecule has 0 unspecified atom stereocenters. The van der Waals surface area contributed by atoms with Gasteiger partial charge in [0.15, 0.2) is 16.9 Å². The summed E-state index contributed by atoms with van der Waals surface area (Å²) in [4.78, 5) is 71.4. The molecule has 0 radical (unpaired) electrons. The van der Waals surface area contributed by atoms with Gasteiger partial charge in [0.05, 0.1) is 36.1 Å². The highest BCUT2D eigenvalue weighted by Crippen LogP contribution is 2.28. The highest BCUT2D eigenvalue weighted by atomic mass is 16.5. The molecule has 0 fully saturated rings. The molecule has 0 aliphatic rings. The van der Waals surface area contributed by atoms with Crippen LogP contribution in [0.2, 0.25) is 0 Å². The third-order valence-electron chi connectivity index (χ3n) is 14.3. The molecule has 19 nitrogen and oxygen atoms in total. The maximum absolute atomic E-state index is 12.6. The highest BCUT2D eigenvalue weighted by molar-refractivity contribution is 5.68. The van der Waals surface area contributed by atoms with Crippen molar-refractivity contribution in [3.05, 3.63) is 163 Å². The molecule has 0 spiro atoms. The number of rotatable bonds is 9. The molecule has 1 aromatic carbocycles. The Bertz CT molecular complexity index is 4060. The minimum Gasteiger partial charge on any atom is -0.497 e. The summed E-state index contributed by atoms with van der Waals surface area (Å²) in [6.45, 7) is 37.2. The van der Waals surface area contributed by atoms with Gasteiger partial charge in [-0.25, -0.2) is 28.5 Å². The number of hydrogen-bond donors (Lipinski definition) is 3. The molecule has 0 aliphatic heterocycles. The van der Waals surface area contributed by atoms with Crippen molar-refractivity contribution in [3.63, 3.8) is 0 Å². The summed E-state index contributed by atoms with van der Waals surface area (Å²) >= 11 is 0. The van der Waals surface area contributed by atoms with E-state index >= 15 is 0 Å². The lowest BCUT2D eigenvalue weighted by molar-refractivity contribution is 0.415. The quantitative estimate of drug-likeness (QED) is 0.123. The molecule has 3 N–H and O–H groups in total. The molecule has 0 aliphatic carbocycles. The minimum absolute atomic E-state index is 0.0127. The Morgan fingerprint density at radius 3 is 1.77 bits per heavy atom. The fourth-order valence-electron chi connectivity index (χ4n) is 10.2. The van der Waals surface area contributed by atoms with E-state index in [1.165, 1.54) is 15.1 Å². The lowest BCUT2D eigenvalue weighted by atomic mass is 10.0. The van der Waals surface area contributed by atoms with Crippen molar-refractivity contribution < 1.29 is 4.74 Å². The first-order chi connectivity index (χ1) is 36.9. The van der Waals surface area contributed by atoms with Crippen LogP contribution in [-0.4, -0.2) is 75.1 Å². The molecule has 0 atom stereocenters. The molecule has 0 amide bonds. The summed E-state index contributed by atoms with van der Waals surface area (Å²) < 4.78 is 13.5. The third-order valence-corrected chi connectivity index (χ3v) is 14.3. The molecule has 9 heterocycles. The van der Waals surface area contributed by atoms with Crippen molar-refractivity contribution >= 4 is 22.6 Å². The summed E-state index contributed by atoms with van der Waals surface area (Å²) in [5.41, 5.74) is 18.1. The van der Waals surface area contributed by atoms with Crippen LogP contribution in [0.4, 0.5) is 0 Å². The Morgan fingerprint density at radius 2 is 1.21 bits per heavy atom. The van der Waals surface area contributed by atoms with E-state index in [4.69, 9.17) is 9.72 Å². The van der Waals surface area contributed by atoms with Crippen LogP contribution in [0, 0.1) is 55.4 Å². The van der Waals surface area contributed by atoms with E-state index in [1.54, 1.807) is 41.7 Å². The van der Waals surface area contributed by atoms with E-state index in [2.05, 4.69) is 121 Å². The molecule has 412 valence electrons. The molecule has 10 aromatic rings. The fourth-order valence-corrected chi connectivity index (χ4v) is 10.2. The molecule has 10 rings (SSSR count). The minimum atomic E-state index is -0.129. The van der Waals surface area contributed by atoms with E-state index in [1.807, 2.05) is 65.8 Å². The zero-order valence-corrected chi connectivity index (χ0v) is 48.8. The van der Waals surface area contributed by atoms with Crippen molar-refractivity contribution in [2.24, 2.45) is 0 Å². The first-order valence-corrected chi connectivity index (χ1v) is 26.7. The lowest BCUT2D eigenvalue weighted by Crippen LogP contribution is -2.26. The van der Waals surface area contributed by atoms with E-state index in [0.29, 0.717) is 46.0 Å². The van der Waals surface area contributed by atoms with Gasteiger partial charge >= 0.3 is 0 Å². The summed E-state index contributed by atoms with van der Waals surface area (Å²) in [6.07, 6.45) is 5.71. The van der Waals surface area contributed by atoms with Crippen molar-refractivity contribution in [1.82, 2.24) is 67.9 Å². The lowest BCUT2D eigenvalue weighted by Gasteiger charge is -2.19. The highest BCUT2D eigenvalue weighted by Gasteiger charge is 2.23. The molecule has 78 heavy (non-hydrogen) atoms. The monoisotopic (exact) mass is 1060 g/mol. The van der Waals surface area contributed by atoms with E-state index in [-0.39, 0.29) is 28.2 Å². The standard InChI is InChI=1S/C17H19N3O2.C16H25N3O.C14H21N3O.C12H11N5O/c1-5-14-10(2)16-18-15(11(3)17(21)20(16)19-14)12-6-8-13(22-4)9-7-12;1-8-18-14(10(4)5)12(7)16(20)19-15(18)11(6)13(17-19)9(2)3;1-7(2)11-10(6)14(18)17-13(15-11)9(5)12(16-17)8(3)4;1-7-5-10(18)17-12(15-7)8(2)11(16-17)9-6-13-3-4-14-9/h6-9,19H,5H2,1-4H3;9-10H,8H2,1-7H3;7-8,16H,1-6H3;3-6,16H,1-2H3. The van der Waals surface area contributed by atoms with Gasteiger partial charge in [-0.3, -0.25) is 44.4 Å². The fraction of sp³-hybridized carbons (Fsp3) is 0.424. The van der Waals surface area contributed by atoms with Crippen LogP contribution in [0.15, 0.2) is 68.1 Å². The molecular formula is C59H76N14O5. The number of benzene rings is 1. The number of nitrogens with zero attached hydrogens (tertiary/aromatic N) is 11. The van der Waals surface area contributed by atoms with Gasteiger partial charge in [0.1, 0.15) is 17.1 Å². The number of ether oxygens (including phenoxy) is 1. The van der Waals surface area contributed by atoms with Crippen LogP contribution in [0.3, 0.4) is 0 Å². The van der Waals surface area contributed by atoms with Crippen LogP contribution in [0.25, 0.3) is 45.2 Å². The molecular weight excluding hydrogens is 985 g/mol. The van der Waals surface area contributed by atoms with Crippen LogP contribution in [-0.2, 0) is 13.0 Å². The smallest absolute Gasteiger partial charge is 0.277 e. The Labute approximate surface area is 453 Å². The Morgan fingerprint density at radius 1 is 0.590 bits per heavy atom. The second-order valence-corrected chi connectivity index (χ2v) is 21.1. The summed E-state index contributed by atoms with van der Waals surface area (Å²) in [6, 6.07) is 9.09. The van der Waals surface area contributed by atoms with Gasteiger partial charge in [0, 0.05) is 92.3 Å². The molecule has 19 heteroatoms. The Kier molecular flexibility index (Phi) is 17.1. The van der Waals surface area contributed by atoms with Crippen molar-refractivity contribution in [3.8, 4) is 28.4 Å². The van der Waals surface area contributed by atoms with Gasteiger partial charge < -0.3 is 9.30 Å². The zero-order chi connectivity index (χ0) is 57.3. The van der Waals surface area contributed by atoms with Crippen LogP contribution in [0.5, 0.6) is 5.75 Å². The number of nitrogens with one attached hydrogen (secondary N) is 3. The number of hydrogen-bond acceptors (Lipinski definition) is 11. The topological polar surface area (TPSA) is 225 Å². The van der Waals surface area contributed by atoms with E-state index in [0.717, 1.165) is 109 Å².